The number of nitrogens with one attached hydrogen (secondary N) is 2. The number of thiophene rings is 1. The lowest BCUT2D eigenvalue weighted by Crippen LogP contribution is -2.32. The monoisotopic (exact) mass is 356 g/mol. The van der Waals surface area contributed by atoms with Gasteiger partial charge in [0.2, 0.25) is 0 Å². The van der Waals surface area contributed by atoms with Crippen LogP contribution in [-0.4, -0.2) is 35.6 Å². The summed E-state index contributed by atoms with van der Waals surface area (Å²) in [5.41, 5.74) is 1.20. The number of benzene rings is 1. The average molecular weight is 356 g/mol. The summed E-state index contributed by atoms with van der Waals surface area (Å²) in [7, 11) is 0. The Morgan fingerprint density at radius 3 is 2.76 bits per heavy atom. The van der Waals surface area contributed by atoms with E-state index >= 15 is 0 Å². The van der Waals surface area contributed by atoms with E-state index in [2.05, 4.69) is 34.4 Å². The van der Waals surface area contributed by atoms with E-state index in [-0.39, 0.29) is 12.5 Å². The van der Waals surface area contributed by atoms with E-state index in [0.29, 0.717) is 18.8 Å². The lowest BCUT2D eigenvalue weighted by atomic mass is 10.2. The quantitative estimate of drug-likeness (QED) is 0.637. The molecule has 3 rings (SSSR count). The third-order valence-corrected chi connectivity index (χ3v) is 4.93. The number of hydrogen-bond acceptors (Lipinski definition) is 6. The van der Waals surface area contributed by atoms with Crippen molar-refractivity contribution in [3.8, 4) is 5.75 Å². The van der Waals surface area contributed by atoms with Crippen molar-refractivity contribution in [1.29, 1.82) is 0 Å². The minimum atomic E-state index is -0.152. The molecule has 6 nitrogen and oxygen atoms in total. The zero-order valence-corrected chi connectivity index (χ0v) is 15.0. The molecule has 7 heteroatoms. The number of fused-ring (bicyclic) bond motifs is 1. The predicted octanol–water partition coefficient (Wildman–Crippen LogP) is 2.92. The zero-order valence-electron chi connectivity index (χ0n) is 14.2. The lowest BCUT2D eigenvalue weighted by molar-refractivity contribution is -0.123. The first-order valence-electron chi connectivity index (χ1n) is 8.04. The van der Waals surface area contributed by atoms with E-state index in [9.17, 15) is 4.79 Å². The van der Waals surface area contributed by atoms with Gasteiger partial charge in [0.15, 0.2) is 6.61 Å². The summed E-state index contributed by atoms with van der Waals surface area (Å²) >= 11 is 1.66. The van der Waals surface area contributed by atoms with Crippen molar-refractivity contribution in [2.24, 2.45) is 0 Å². The number of nitrogens with zero attached hydrogens (tertiary/aromatic N) is 2. The first-order chi connectivity index (χ1) is 12.1. The van der Waals surface area contributed by atoms with Crippen LogP contribution in [0.25, 0.3) is 10.2 Å². The summed E-state index contributed by atoms with van der Waals surface area (Å²) in [5.74, 6) is 1.34. The highest BCUT2D eigenvalue weighted by Gasteiger charge is 2.11. The molecule has 130 valence electrons. The van der Waals surface area contributed by atoms with Crippen LogP contribution in [0.3, 0.4) is 0 Å². The smallest absolute Gasteiger partial charge is 0.258 e. The maximum Gasteiger partial charge on any atom is 0.258 e. The fourth-order valence-corrected chi connectivity index (χ4v) is 3.41. The Kier molecular flexibility index (Phi) is 5.45. The number of hydrogen-bond donors (Lipinski definition) is 2. The van der Waals surface area contributed by atoms with Gasteiger partial charge in [-0.3, -0.25) is 4.79 Å². The highest BCUT2D eigenvalue weighted by atomic mass is 32.1. The number of ether oxygens (including phenoxy) is 1. The summed E-state index contributed by atoms with van der Waals surface area (Å²) < 4.78 is 5.41. The van der Waals surface area contributed by atoms with E-state index in [1.165, 1.54) is 10.4 Å². The van der Waals surface area contributed by atoms with Gasteiger partial charge in [-0.1, -0.05) is 18.2 Å². The van der Waals surface area contributed by atoms with Gasteiger partial charge in [0.1, 0.15) is 22.7 Å². The molecule has 0 unspecified atom stereocenters. The molecule has 2 N–H and O–H groups in total. The van der Waals surface area contributed by atoms with Crippen LogP contribution >= 0.6 is 11.3 Å². The van der Waals surface area contributed by atoms with Gasteiger partial charge >= 0.3 is 0 Å². The number of anilines is 1. The van der Waals surface area contributed by atoms with E-state index in [0.717, 1.165) is 16.0 Å². The first-order valence-corrected chi connectivity index (χ1v) is 8.86. The molecule has 1 aromatic carbocycles. The second kappa shape index (κ2) is 7.94. The minimum Gasteiger partial charge on any atom is -0.484 e. The second-order valence-electron chi connectivity index (χ2n) is 5.56. The Morgan fingerprint density at radius 2 is 1.96 bits per heavy atom. The third kappa shape index (κ3) is 4.24. The average Bonchev–Trinajstić information content (AvgIpc) is 2.93. The molecule has 2 aromatic heterocycles. The Balaban J connectivity index is 1.46. The van der Waals surface area contributed by atoms with Gasteiger partial charge in [-0.2, -0.15) is 0 Å². The summed E-state index contributed by atoms with van der Waals surface area (Å²) in [6, 6.07) is 9.28. The molecule has 0 aliphatic carbocycles. The third-order valence-electron chi connectivity index (χ3n) is 3.82. The molecule has 0 spiro atoms. The van der Waals surface area contributed by atoms with Crippen molar-refractivity contribution in [3.05, 3.63) is 47.1 Å². The Bertz CT molecular complexity index is 864. The van der Waals surface area contributed by atoms with Crippen LogP contribution in [0.15, 0.2) is 36.7 Å². The highest BCUT2D eigenvalue weighted by Crippen LogP contribution is 2.32. The van der Waals surface area contributed by atoms with Crippen molar-refractivity contribution >= 4 is 33.3 Å². The summed E-state index contributed by atoms with van der Waals surface area (Å²) in [4.78, 5) is 22.7. The zero-order chi connectivity index (χ0) is 17.6. The summed E-state index contributed by atoms with van der Waals surface area (Å²) in [6.07, 6.45) is 1.56. The standard InChI is InChI=1S/C18H20N4O2S/c1-12-13(2)25-18-16(12)17(21-11-22-18)20-9-8-19-15(23)10-24-14-6-4-3-5-7-14/h3-7,11H,8-10H2,1-2H3,(H,19,23)(H,20,21,22). The molecule has 0 fully saturated rings. The van der Waals surface area contributed by atoms with Crippen LogP contribution in [0, 0.1) is 13.8 Å². The number of amides is 1. The maximum atomic E-state index is 11.8. The van der Waals surface area contributed by atoms with E-state index in [1.54, 1.807) is 17.7 Å². The number of carbonyl (C=O) groups excluding carboxylic acids is 1. The molecular weight excluding hydrogens is 336 g/mol. The van der Waals surface area contributed by atoms with Crippen LogP contribution in [0.4, 0.5) is 5.82 Å². The Labute approximate surface area is 150 Å². The first kappa shape index (κ1) is 17.2. The van der Waals surface area contributed by atoms with Gasteiger partial charge in [0, 0.05) is 18.0 Å². The molecule has 0 bridgehead atoms. The highest BCUT2D eigenvalue weighted by molar-refractivity contribution is 7.18. The second-order valence-corrected chi connectivity index (χ2v) is 6.77. The van der Waals surface area contributed by atoms with Crippen molar-refractivity contribution in [3.63, 3.8) is 0 Å². The van der Waals surface area contributed by atoms with Crippen LogP contribution in [-0.2, 0) is 4.79 Å². The lowest BCUT2D eigenvalue weighted by Gasteiger charge is -2.09. The van der Waals surface area contributed by atoms with Crippen LogP contribution < -0.4 is 15.4 Å². The molecule has 1 amide bonds. The van der Waals surface area contributed by atoms with Gasteiger partial charge < -0.3 is 15.4 Å². The van der Waals surface area contributed by atoms with Crippen LogP contribution in [0.1, 0.15) is 10.4 Å². The molecule has 3 aromatic rings. The fraction of sp³-hybridized carbons (Fsp3) is 0.278. The van der Waals surface area contributed by atoms with E-state index in [1.807, 2.05) is 30.3 Å². The van der Waals surface area contributed by atoms with Gasteiger partial charge in [0.25, 0.3) is 5.91 Å². The maximum absolute atomic E-state index is 11.8. The molecule has 25 heavy (non-hydrogen) atoms. The van der Waals surface area contributed by atoms with Crippen molar-refractivity contribution in [2.45, 2.75) is 13.8 Å². The molecular formula is C18H20N4O2S. The van der Waals surface area contributed by atoms with E-state index < -0.39 is 0 Å². The van der Waals surface area contributed by atoms with Crippen LogP contribution in [0.2, 0.25) is 0 Å². The molecule has 0 radical (unpaired) electrons. The van der Waals surface area contributed by atoms with Gasteiger partial charge in [-0.25, -0.2) is 9.97 Å². The Hall–Kier alpha value is -2.67. The predicted molar refractivity (Wildman–Crippen MR) is 100 cm³/mol. The number of aryl methyl sites for hydroxylation is 2. The minimum absolute atomic E-state index is 0.00456. The van der Waals surface area contributed by atoms with Crippen molar-refractivity contribution in [2.75, 3.05) is 25.0 Å². The molecule has 0 saturated heterocycles. The summed E-state index contributed by atoms with van der Waals surface area (Å²) in [5, 5.41) is 7.15. The topological polar surface area (TPSA) is 76.1 Å². The summed E-state index contributed by atoms with van der Waals surface area (Å²) in [6.45, 7) is 5.23. The van der Waals surface area contributed by atoms with E-state index in [4.69, 9.17) is 4.74 Å². The SMILES string of the molecule is Cc1sc2ncnc(NCCNC(=O)COc3ccccc3)c2c1C. The molecule has 0 aliphatic heterocycles. The number of para-hydroxylation sites is 1. The van der Waals surface area contributed by atoms with Gasteiger partial charge in [0.05, 0.1) is 5.39 Å². The van der Waals surface area contributed by atoms with Gasteiger partial charge in [-0.15, -0.1) is 11.3 Å². The van der Waals surface area contributed by atoms with Crippen molar-refractivity contribution in [1.82, 2.24) is 15.3 Å². The number of carbonyl (C=O) groups is 1. The van der Waals surface area contributed by atoms with Crippen LogP contribution in [0.5, 0.6) is 5.75 Å². The molecule has 0 saturated carbocycles. The fourth-order valence-electron chi connectivity index (χ4n) is 2.42. The van der Waals surface area contributed by atoms with Crippen molar-refractivity contribution < 1.29 is 9.53 Å². The Morgan fingerprint density at radius 1 is 1.16 bits per heavy atom. The number of rotatable bonds is 7. The normalized spacial score (nSPS) is 10.6. The van der Waals surface area contributed by atoms with Gasteiger partial charge in [-0.05, 0) is 31.5 Å². The largest absolute Gasteiger partial charge is 0.484 e. The molecule has 2 heterocycles. The molecule has 0 aliphatic rings. The molecule has 0 atom stereocenters. The number of aromatic nitrogens is 2.